The van der Waals surface area contributed by atoms with Gasteiger partial charge in [-0.2, -0.15) is 0 Å². The summed E-state index contributed by atoms with van der Waals surface area (Å²) < 4.78 is 0. The van der Waals surface area contributed by atoms with Crippen LogP contribution in [0.25, 0.3) is 0 Å². The van der Waals surface area contributed by atoms with Crippen molar-refractivity contribution in [1.82, 2.24) is 0 Å². The molecular weight excluding hydrogens is 224 g/mol. The number of Topliss-reactive ketones (excluding diaryl/α,β-unsaturated/α-hetero) is 2. The summed E-state index contributed by atoms with van der Waals surface area (Å²) in [6, 6.07) is 0. The van der Waals surface area contributed by atoms with E-state index < -0.39 is 0 Å². The molecule has 0 saturated carbocycles. The molecule has 106 valence electrons. The van der Waals surface area contributed by atoms with E-state index in [0.717, 1.165) is 44.9 Å². The number of hydrogen-bond acceptors (Lipinski definition) is 2. The Bertz CT molecular complexity index is 197. The first-order valence-electron chi connectivity index (χ1n) is 7.38. The summed E-state index contributed by atoms with van der Waals surface area (Å²) in [5.41, 5.74) is 0. The summed E-state index contributed by atoms with van der Waals surface area (Å²) in [5, 5.41) is 0. The fourth-order valence-electron chi connectivity index (χ4n) is 1.48. The van der Waals surface area contributed by atoms with Gasteiger partial charge in [0.05, 0.1) is 13.3 Å². The highest BCUT2D eigenvalue weighted by Crippen LogP contribution is 2.02. The summed E-state index contributed by atoms with van der Waals surface area (Å²) in [6.07, 6.45) is 10.1. The summed E-state index contributed by atoms with van der Waals surface area (Å²) in [5.74, 6) is 0.711. The van der Waals surface area contributed by atoms with E-state index in [0.29, 0.717) is 18.0 Å². The van der Waals surface area contributed by atoms with Crippen LogP contribution >= 0.6 is 0 Å². The molecule has 0 atom stereocenters. The first-order chi connectivity index (χ1) is 8.58. The maximum Gasteiger partial charge on any atom is 0.132 e. The Hall–Kier alpha value is -0.790. The SMILES string of the molecule is CCCCCC(=O)CC.[CH2+]CCCCCC(C)=O. The van der Waals surface area contributed by atoms with Crippen molar-refractivity contribution in [1.29, 1.82) is 0 Å². The van der Waals surface area contributed by atoms with E-state index in [1.807, 2.05) is 6.92 Å². The molecule has 0 aromatic rings. The number of rotatable bonds is 10. The van der Waals surface area contributed by atoms with E-state index in [-0.39, 0.29) is 0 Å². The van der Waals surface area contributed by atoms with Crippen molar-refractivity contribution >= 4 is 11.6 Å². The smallest absolute Gasteiger partial charge is 0.132 e. The Balaban J connectivity index is 0. The molecule has 0 rings (SSSR count). The maximum absolute atomic E-state index is 10.7. The molecule has 2 nitrogen and oxygen atoms in total. The Morgan fingerprint density at radius 2 is 1.50 bits per heavy atom. The third-order valence-corrected chi connectivity index (χ3v) is 2.73. The molecule has 0 fully saturated rings. The van der Waals surface area contributed by atoms with E-state index in [4.69, 9.17) is 0 Å². The predicted octanol–water partition coefficient (Wildman–Crippen LogP) is 4.91. The second-order valence-electron chi connectivity index (χ2n) is 4.72. The second kappa shape index (κ2) is 16.2. The molecule has 2 heteroatoms. The maximum atomic E-state index is 10.7. The van der Waals surface area contributed by atoms with Crippen LogP contribution in [0.5, 0.6) is 0 Å². The van der Waals surface area contributed by atoms with E-state index in [1.165, 1.54) is 12.8 Å². The molecule has 0 aromatic carbocycles. The predicted molar refractivity (Wildman–Crippen MR) is 78.6 cm³/mol. The van der Waals surface area contributed by atoms with Gasteiger partial charge in [-0.05, 0) is 32.6 Å². The largest absolute Gasteiger partial charge is 0.300 e. The van der Waals surface area contributed by atoms with Crippen molar-refractivity contribution in [2.45, 2.75) is 85.0 Å². The lowest BCUT2D eigenvalue weighted by Gasteiger charge is -1.93. The molecule has 0 aliphatic heterocycles. The third kappa shape index (κ3) is 20.6. The zero-order chi connectivity index (χ0) is 14.2. The van der Waals surface area contributed by atoms with Gasteiger partial charge in [0.25, 0.3) is 0 Å². The van der Waals surface area contributed by atoms with Crippen molar-refractivity contribution in [2.24, 2.45) is 0 Å². The van der Waals surface area contributed by atoms with Gasteiger partial charge in [0.2, 0.25) is 0 Å². The lowest BCUT2D eigenvalue weighted by molar-refractivity contribution is -0.119. The van der Waals surface area contributed by atoms with E-state index in [1.54, 1.807) is 6.92 Å². The first kappa shape index (κ1) is 19.5. The zero-order valence-corrected chi connectivity index (χ0v) is 12.6. The zero-order valence-electron chi connectivity index (χ0n) is 12.6. The van der Waals surface area contributed by atoms with Crippen LogP contribution in [0, 0.1) is 6.92 Å². The highest BCUT2D eigenvalue weighted by molar-refractivity contribution is 5.77. The average Bonchev–Trinajstić information content (AvgIpc) is 2.35. The van der Waals surface area contributed by atoms with Gasteiger partial charge in [-0.3, -0.25) is 4.79 Å². The molecule has 0 bridgehead atoms. The molecule has 0 aliphatic carbocycles. The summed E-state index contributed by atoms with van der Waals surface area (Å²) in [6.45, 7) is 9.43. The van der Waals surface area contributed by atoms with Crippen molar-refractivity contribution in [3.05, 3.63) is 6.92 Å². The van der Waals surface area contributed by atoms with Crippen molar-refractivity contribution in [2.75, 3.05) is 0 Å². The van der Waals surface area contributed by atoms with Crippen LogP contribution in [-0.4, -0.2) is 11.6 Å². The lowest BCUT2D eigenvalue weighted by Crippen LogP contribution is -1.93. The molecule has 0 saturated heterocycles. The van der Waals surface area contributed by atoms with Gasteiger partial charge in [-0.25, -0.2) is 0 Å². The quantitative estimate of drug-likeness (QED) is 0.411. The molecule has 0 aromatic heterocycles. The van der Waals surface area contributed by atoms with Crippen LogP contribution in [-0.2, 0) is 9.59 Å². The first-order valence-corrected chi connectivity index (χ1v) is 7.38. The molecule has 0 unspecified atom stereocenters. The third-order valence-electron chi connectivity index (χ3n) is 2.73. The molecule has 18 heavy (non-hydrogen) atoms. The number of unbranched alkanes of at least 4 members (excludes halogenated alkanes) is 5. The number of ketones is 2. The van der Waals surface area contributed by atoms with Gasteiger partial charge in [-0.1, -0.05) is 26.7 Å². The van der Waals surface area contributed by atoms with Crippen molar-refractivity contribution in [3.63, 3.8) is 0 Å². The molecule has 0 aliphatic rings. The van der Waals surface area contributed by atoms with Gasteiger partial charge >= 0.3 is 0 Å². The minimum Gasteiger partial charge on any atom is -0.300 e. The minimum absolute atomic E-state index is 0.305. The van der Waals surface area contributed by atoms with Gasteiger partial charge in [0.1, 0.15) is 11.6 Å². The normalized spacial score (nSPS) is 9.50. The van der Waals surface area contributed by atoms with Crippen LogP contribution in [0.2, 0.25) is 0 Å². The Morgan fingerprint density at radius 3 is 1.94 bits per heavy atom. The van der Waals surface area contributed by atoms with Crippen LogP contribution < -0.4 is 0 Å². The van der Waals surface area contributed by atoms with Crippen LogP contribution in [0.4, 0.5) is 0 Å². The fourth-order valence-corrected chi connectivity index (χ4v) is 1.48. The highest BCUT2D eigenvalue weighted by Gasteiger charge is 1.95. The van der Waals surface area contributed by atoms with E-state index in [2.05, 4.69) is 13.8 Å². The summed E-state index contributed by atoms with van der Waals surface area (Å²) in [7, 11) is 0. The highest BCUT2D eigenvalue weighted by atomic mass is 16.1. The summed E-state index contributed by atoms with van der Waals surface area (Å²) in [4.78, 5) is 21.1. The topological polar surface area (TPSA) is 34.1 Å². The standard InChI is InChI=1S/C8H15O.C8H16O/c1-3-4-5-6-7-8(2)9;1-3-5-6-7-8(9)4-2/h1,3-7H2,2H3;3-7H2,1-2H3/q+1;. The van der Waals surface area contributed by atoms with Crippen molar-refractivity contribution < 1.29 is 9.59 Å². The van der Waals surface area contributed by atoms with Crippen LogP contribution in [0.3, 0.4) is 0 Å². The van der Waals surface area contributed by atoms with Crippen molar-refractivity contribution in [3.8, 4) is 0 Å². The molecule has 0 heterocycles. The van der Waals surface area contributed by atoms with Crippen LogP contribution in [0.15, 0.2) is 0 Å². The monoisotopic (exact) mass is 255 g/mol. The van der Waals surface area contributed by atoms with Gasteiger partial charge < -0.3 is 4.79 Å². The summed E-state index contributed by atoms with van der Waals surface area (Å²) >= 11 is 0. The number of carbonyl (C=O) groups is 2. The molecule has 0 spiro atoms. The van der Waals surface area contributed by atoms with Gasteiger partial charge in [-0.15, -0.1) is 0 Å². The van der Waals surface area contributed by atoms with Crippen LogP contribution in [0.1, 0.15) is 85.0 Å². The molecule has 0 amide bonds. The fraction of sp³-hybridized carbons (Fsp3) is 0.812. The number of hydrogen-bond donors (Lipinski definition) is 0. The second-order valence-corrected chi connectivity index (χ2v) is 4.72. The Labute approximate surface area is 114 Å². The lowest BCUT2D eigenvalue weighted by atomic mass is 10.1. The average molecular weight is 255 g/mol. The number of carbonyl (C=O) groups excluding carboxylic acids is 2. The molecular formula is C16H31O2+. The minimum atomic E-state index is 0.305. The van der Waals surface area contributed by atoms with E-state index in [9.17, 15) is 9.59 Å². The van der Waals surface area contributed by atoms with Gasteiger partial charge in [0, 0.05) is 19.3 Å². The Kier molecular flexibility index (Phi) is 17.6. The Morgan fingerprint density at radius 1 is 0.889 bits per heavy atom. The molecule has 0 radical (unpaired) electrons. The van der Waals surface area contributed by atoms with E-state index >= 15 is 0 Å². The van der Waals surface area contributed by atoms with Gasteiger partial charge in [0.15, 0.2) is 0 Å². The molecule has 0 N–H and O–H groups in total.